The van der Waals surface area contributed by atoms with Crippen molar-refractivity contribution in [2.75, 3.05) is 36.4 Å². The molecule has 0 radical (unpaired) electrons. The van der Waals surface area contributed by atoms with Crippen LogP contribution in [0.2, 0.25) is 0 Å². The first-order valence-electron chi connectivity index (χ1n) is 10.6. The number of nitrogens with zero attached hydrogens (tertiary/aromatic N) is 7. The monoisotopic (exact) mass is 456 g/mol. The van der Waals surface area contributed by atoms with Crippen LogP contribution in [0.1, 0.15) is 31.4 Å². The molecule has 3 aromatic heterocycles. The number of aromatic nitrogens is 5. The first kappa shape index (κ1) is 22.2. The lowest BCUT2D eigenvalue weighted by atomic mass is 10.2. The predicted octanol–water partition coefficient (Wildman–Crippen LogP) is 2.29. The standard InChI is InChI=1S/C21H28N8O2S/c1-15(2)21-26-20(14-27(21)4)32(30,31)29-11-9-28(10-12-29)19-13-18(23-16(3)24-19)25-17-7-5-6-8-22-17/h5-8,13-15H,9-12H2,1-4H3,(H,22,23,24,25). The molecule has 1 fully saturated rings. The first-order valence-corrected chi connectivity index (χ1v) is 12.0. The zero-order valence-corrected chi connectivity index (χ0v) is 19.5. The minimum Gasteiger partial charge on any atom is -0.354 e. The molecule has 1 aliphatic rings. The third kappa shape index (κ3) is 4.58. The maximum atomic E-state index is 13.1. The number of rotatable bonds is 6. The van der Waals surface area contributed by atoms with E-state index < -0.39 is 10.0 Å². The van der Waals surface area contributed by atoms with Crippen molar-refractivity contribution >= 4 is 27.5 Å². The Balaban J connectivity index is 1.47. The van der Waals surface area contributed by atoms with Crippen molar-refractivity contribution in [2.24, 2.45) is 7.05 Å². The molecule has 10 nitrogen and oxygen atoms in total. The number of pyridine rings is 1. The minimum atomic E-state index is -3.64. The van der Waals surface area contributed by atoms with Crippen molar-refractivity contribution in [3.63, 3.8) is 0 Å². The van der Waals surface area contributed by atoms with Crippen LogP contribution in [0, 0.1) is 6.92 Å². The first-order chi connectivity index (χ1) is 15.2. The number of anilines is 3. The van der Waals surface area contributed by atoms with E-state index in [1.54, 1.807) is 17.0 Å². The van der Waals surface area contributed by atoms with Crippen LogP contribution in [0.4, 0.5) is 17.5 Å². The maximum absolute atomic E-state index is 13.1. The highest BCUT2D eigenvalue weighted by molar-refractivity contribution is 7.89. The van der Waals surface area contributed by atoms with Gasteiger partial charge in [-0.1, -0.05) is 19.9 Å². The molecule has 0 bridgehead atoms. The third-order valence-corrected chi connectivity index (χ3v) is 7.09. The van der Waals surface area contributed by atoms with Gasteiger partial charge in [0.2, 0.25) is 0 Å². The van der Waals surface area contributed by atoms with E-state index in [1.807, 2.05) is 52.1 Å². The summed E-state index contributed by atoms with van der Waals surface area (Å²) in [6.07, 6.45) is 3.31. The van der Waals surface area contributed by atoms with Gasteiger partial charge in [0, 0.05) is 57.6 Å². The normalized spacial score (nSPS) is 15.3. The molecule has 170 valence electrons. The van der Waals surface area contributed by atoms with Gasteiger partial charge in [-0.3, -0.25) is 0 Å². The SMILES string of the molecule is Cc1nc(Nc2ccccn2)cc(N2CCN(S(=O)(=O)c3cn(C)c(C(C)C)n3)CC2)n1. The molecule has 0 unspecified atom stereocenters. The summed E-state index contributed by atoms with van der Waals surface area (Å²) in [5.74, 6) is 3.64. The molecule has 1 aliphatic heterocycles. The Hall–Kier alpha value is -3.05. The number of piperazine rings is 1. The molecule has 3 aromatic rings. The maximum Gasteiger partial charge on any atom is 0.262 e. The summed E-state index contributed by atoms with van der Waals surface area (Å²) in [6.45, 7) is 7.62. The van der Waals surface area contributed by atoms with Gasteiger partial charge >= 0.3 is 0 Å². The summed E-state index contributed by atoms with van der Waals surface area (Å²) in [5.41, 5.74) is 0. The van der Waals surface area contributed by atoms with Crippen LogP contribution in [-0.2, 0) is 17.1 Å². The van der Waals surface area contributed by atoms with Crippen molar-refractivity contribution in [1.82, 2.24) is 28.8 Å². The number of hydrogen-bond donors (Lipinski definition) is 1. The highest BCUT2D eigenvalue weighted by atomic mass is 32.2. The van der Waals surface area contributed by atoms with Gasteiger partial charge in [-0.05, 0) is 19.1 Å². The van der Waals surface area contributed by atoms with Crippen molar-refractivity contribution < 1.29 is 8.42 Å². The average molecular weight is 457 g/mol. The largest absolute Gasteiger partial charge is 0.354 e. The van der Waals surface area contributed by atoms with E-state index in [1.165, 1.54) is 4.31 Å². The molecule has 0 aromatic carbocycles. The van der Waals surface area contributed by atoms with Gasteiger partial charge < -0.3 is 14.8 Å². The predicted molar refractivity (Wildman–Crippen MR) is 123 cm³/mol. The van der Waals surface area contributed by atoms with E-state index in [2.05, 4.69) is 30.2 Å². The molecule has 1 N–H and O–H groups in total. The van der Waals surface area contributed by atoms with Crippen molar-refractivity contribution in [3.05, 3.63) is 48.3 Å². The molecule has 32 heavy (non-hydrogen) atoms. The average Bonchev–Trinajstić information content (AvgIpc) is 3.17. The van der Waals surface area contributed by atoms with Crippen LogP contribution >= 0.6 is 0 Å². The molecular formula is C21H28N8O2S. The minimum absolute atomic E-state index is 0.108. The van der Waals surface area contributed by atoms with E-state index in [9.17, 15) is 8.42 Å². The molecule has 0 atom stereocenters. The van der Waals surface area contributed by atoms with Crippen LogP contribution in [0.3, 0.4) is 0 Å². The topological polar surface area (TPSA) is 109 Å². The molecule has 11 heteroatoms. The number of sulfonamides is 1. The molecule has 0 spiro atoms. The van der Waals surface area contributed by atoms with Crippen LogP contribution in [0.25, 0.3) is 0 Å². The lowest BCUT2D eigenvalue weighted by Crippen LogP contribution is -2.49. The zero-order valence-electron chi connectivity index (χ0n) is 18.7. The highest BCUT2D eigenvalue weighted by Gasteiger charge is 2.31. The lowest BCUT2D eigenvalue weighted by Gasteiger charge is -2.34. The van der Waals surface area contributed by atoms with Crippen molar-refractivity contribution in [1.29, 1.82) is 0 Å². The molecule has 0 aliphatic carbocycles. The summed E-state index contributed by atoms with van der Waals surface area (Å²) < 4.78 is 29.5. The van der Waals surface area contributed by atoms with Crippen molar-refractivity contribution in [3.8, 4) is 0 Å². The number of hydrogen-bond acceptors (Lipinski definition) is 8. The zero-order chi connectivity index (χ0) is 22.9. The lowest BCUT2D eigenvalue weighted by molar-refractivity contribution is 0.382. The highest BCUT2D eigenvalue weighted by Crippen LogP contribution is 2.23. The van der Waals surface area contributed by atoms with E-state index in [0.717, 1.165) is 11.6 Å². The Kier molecular flexibility index (Phi) is 6.11. The third-order valence-electron chi connectivity index (χ3n) is 5.32. The smallest absolute Gasteiger partial charge is 0.262 e. The van der Waals surface area contributed by atoms with Crippen LogP contribution in [0.5, 0.6) is 0 Å². The molecule has 4 heterocycles. The Labute approximate surface area is 188 Å². The second-order valence-corrected chi connectivity index (χ2v) is 9.98. The number of imidazole rings is 1. The van der Waals surface area contributed by atoms with E-state index in [4.69, 9.17) is 0 Å². The Morgan fingerprint density at radius 2 is 1.78 bits per heavy atom. The summed E-state index contributed by atoms with van der Waals surface area (Å²) >= 11 is 0. The van der Waals surface area contributed by atoms with Gasteiger partial charge in [-0.15, -0.1) is 0 Å². The Morgan fingerprint density at radius 3 is 2.41 bits per heavy atom. The quantitative estimate of drug-likeness (QED) is 0.602. The summed E-state index contributed by atoms with van der Waals surface area (Å²) in [6, 6.07) is 7.47. The van der Waals surface area contributed by atoms with Crippen LogP contribution in [0.15, 0.2) is 41.7 Å². The van der Waals surface area contributed by atoms with E-state index in [0.29, 0.717) is 43.6 Å². The summed E-state index contributed by atoms with van der Waals surface area (Å²) in [7, 11) is -1.81. The van der Waals surface area contributed by atoms with Crippen LogP contribution in [-0.4, -0.2) is 63.4 Å². The fourth-order valence-corrected chi connectivity index (χ4v) is 5.16. The van der Waals surface area contributed by atoms with E-state index >= 15 is 0 Å². The molecule has 0 saturated carbocycles. The van der Waals surface area contributed by atoms with Gasteiger partial charge in [0.25, 0.3) is 10.0 Å². The van der Waals surface area contributed by atoms with E-state index in [-0.39, 0.29) is 10.9 Å². The molecule has 4 rings (SSSR count). The van der Waals surface area contributed by atoms with Gasteiger partial charge in [0.05, 0.1) is 0 Å². The second kappa shape index (κ2) is 8.83. The number of aryl methyl sites for hydroxylation is 2. The van der Waals surface area contributed by atoms with Gasteiger partial charge in [0.15, 0.2) is 5.03 Å². The molecular weight excluding hydrogens is 428 g/mol. The van der Waals surface area contributed by atoms with Crippen molar-refractivity contribution in [2.45, 2.75) is 31.7 Å². The fourth-order valence-electron chi connectivity index (χ4n) is 3.75. The van der Waals surface area contributed by atoms with Gasteiger partial charge in [-0.25, -0.2) is 28.4 Å². The van der Waals surface area contributed by atoms with Gasteiger partial charge in [-0.2, -0.15) is 4.31 Å². The second-order valence-electron chi connectivity index (χ2n) is 8.09. The molecule has 0 amide bonds. The van der Waals surface area contributed by atoms with Gasteiger partial charge in [0.1, 0.15) is 29.1 Å². The Bertz CT molecular complexity index is 1190. The van der Waals surface area contributed by atoms with Crippen LogP contribution < -0.4 is 10.2 Å². The molecule has 1 saturated heterocycles. The Morgan fingerprint density at radius 1 is 1.03 bits per heavy atom. The fraction of sp³-hybridized carbons (Fsp3) is 0.429. The summed E-state index contributed by atoms with van der Waals surface area (Å²) in [5, 5.41) is 3.30. The summed E-state index contributed by atoms with van der Waals surface area (Å²) in [4.78, 5) is 19.7. The number of nitrogens with one attached hydrogen (secondary N) is 1.